The zero-order valence-electron chi connectivity index (χ0n) is 9.16. The number of unbranched alkanes of at least 4 members (excludes halogenated alkanes) is 1. The van der Waals surface area contributed by atoms with Crippen molar-refractivity contribution in [1.82, 2.24) is 5.32 Å². The summed E-state index contributed by atoms with van der Waals surface area (Å²) in [6.45, 7) is 2.04. The lowest BCUT2D eigenvalue weighted by Crippen LogP contribution is -2.14. The molecule has 1 N–H and O–H groups in total. The lowest BCUT2D eigenvalue weighted by Gasteiger charge is -2.06. The summed E-state index contributed by atoms with van der Waals surface area (Å²) < 4.78 is 10.7. The smallest absolute Gasteiger partial charge is 0.231 e. The Morgan fingerprint density at radius 2 is 2.31 bits per heavy atom. The van der Waals surface area contributed by atoms with Crippen LogP contribution in [0.4, 0.5) is 0 Å². The summed E-state index contributed by atoms with van der Waals surface area (Å²) in [5, 5.41) is 3.34. The molecule has 84 valence electrons. The minimum absolute atomic E-state index is 0.323. The van der Waals surface area contributed by atoms with E-state index in [0.29, 0.717) is 6.79 Å². The monoisotopic (exact) mass is 217 g/mol. The number of para-hydroxylation sites is 1. The molecule has 0 aliphatic carbocycles. The van der Waals surface area contributed by atoms with Gasteiger partial charge in [-0.05, 0) is 19.0 Å². The van der Waals surface area contributed by atoms with Crippen LogP contribution in [0.5, 0.6) is 11.5 Å². The first-order valence-electron chi connectivity index (χ1n) is 5.43. The van der Waals surface area contributed by atoms with E-state index in [1.54, 1.807) is 0 Å². The maximum absolute atomic E-state index is 5.41. The molecule has 3 nitrogen and oxygen atoms in total. The summed E-state index contributed by atoms with van der Waals surface area (Å²) in [5.41, 5.74) is 1.13. The van der Waals surface area contributed by atoms with Crippen molar-refractivity contribution in [3.8, 4) is 23.8 Å². The molecule has 1 aliphatic heterocycles. The minimum Gasteiger partial charge on any atom is -0.454 e. The fourth-order valence-electron chi connectivity index (χ4n) is 1.67. The van der Waals surface area contributed by atoms with Crippen molar-refractivity contribution in [2.75, 3.05) is 13.3 Å². The first kappa shape index (κ1) is 10.8. The molecule has 1 aromatic carbocycles. The second kappa shape index (κ2) is 5.43. The largest absolute Gasteiger partial charge is 0.454 e. The summed E-state index contributed by atoms with van der Waals surface area (Å²) in [4.78, 5) is 0. The Balaban J connectivity index is 1.86. The van der Waals surface area contributed by atoms with Crippen molar-refractivity contribution in [2.24, 2.45) is 0 Å². The summed E-state index contributed by atoms with van der Waals surface area (Å²) >= 11 is 0. The summed E-state index contributed by atoms with van der Waals surface area (Å²) in [5.74, 6) is 4.33. The molecule has 1 aliphatic rings. The van der Waals surface area contributed by atoms with Gasteiger partial charge in [0.25, 0.3) is 0 Å². The normalized spacial score (nSPS) is 12.4. The summed E-state index contributed by atoms with van der Waals surface area (Å²) in [6, 6.07) is 5.94. The third-order valence-corrected chi connectivity index (χ3v) is 2.47. The third kappa shape index (κ3) is 2.47. The van der Waals surface area contributed by atoms with Gasteiger partial charge in [-0.15, -0.1) is 12.3 Å². The van der Waals surface area contributed by atoms with Crippen LogP contribution in [0.2, 0.25) is 0 Å². The molecule has 16 heavy (non-hydrogen) atoms. The lowest BCUT2D eigenvalue weighted by molar-refractivity contribution is 0.173. The van der Waals surface area contributed by atoms with Crippen LogP contribution in [0.1, 0.15) is 18.4 Å². The second-order valence-corrected chi connectivity index (χ2v) is 3.64. The fourth-order valence-corrected chi connectivity index (χ4v) is 1.67. The van der Waals surface area contributed by atoms with Crippen LogP contribution in [0.3, 0.4) is 0 Å². The Hall–Kier alpha value is -1.66. The number of nitrogens with one attached hydrogen (secondary N) is 1. The summed E-state index contributed by atoms with van der Waals surface area (Å²) in [6.07, 6.45) is 7.00. The van der Waals surface area contributed by atoms with Gasteiger partial charge in [0.05, 0.1) is 0 Å². The van der Waals surface area contributed by atoms with E-state index in [9.17, 15) is 0 Å². The average molecular weight is 217 g/mol. The van der Waals surface area contributed by atoms with Crippen LogP contribution in [0.15, 0.2) is 18.2 Å². The van der Waals surface area contributed by atoms with Crippen LogP contribution in [-0.4, -0.2) is 13.3 Å². The van der Waals surface area contributed by atoms with Crippen molar-refractivity contribution in [1.29, 1.82) is 0 Å². The van der Waals surface area contributed by atoms with Crippen LogP contribution >= 0.6 is 0 Å². The predicted octanol–water partition coefficient (Wildman–Crippen LogP) is 1.92. The van der Waals surface area contributed by atoms with E-state index >= 15 is 0 Å². The van der Waals surface area contributed by atoms with Crippen molar-refractivity contribution in [2.45, 2.75) is 19.4 Å². The second-order valence-electron chi connectivity index (χ2n) is 3.64. The zero-order chi connectivity index (χ0) is 11.2. The molecule has 0 atom stereocenters. The highest BCUT2D eigenvalue weighted by molar-refractivity contribution is 5.48. The molecule has 0 saturated carbocycles. The van der Waals surface area contributed by atoms with Crippen LogP contribution in [-0.2, 0) is 6.54 Å². The number of terminal acetylenes is 1. The van der Waals surface area contributed by atoms with Gasteiger partial charge in [-0.1, -0.05) is 12.1 Å². The van der Waals surface area contributed by atoms with Gasteiger partial charge in [-0.2, -0.15) is 0 Å². The molecule has 0 bridgehead atoms. The molecule has 0 amide bonds. The number of fused-ring (bicyclic) bond motifs is 1. The first-order chi connectivity index (χ1) is 7.92. The van der Waals surface area contributed by atoms with Crippen LogP contribution in [0, 0.1) is 12.3 Å². The van der Waals surface area contributed by atoms with Crippen LogP contribution in [0.25, 0.3) is 0 Å². The van der Waals surface area contributed by atoms with Crippen molar-refractivity contribution < 1.29 is 9.47 Å². The molecule has 0 aromatic heterocycles. The van der Waals surface area contributed by atoms with Gasteiger partial charge < -0.3 is 14.8 Å². The highest BCUT2D eigenvalue weighted by Crippen LogP contribution is 2.35. The molecule has 1 aromatic rings. The Labute approximate surface area is 95.8 Å². The minimum atomic E-state index is 0.323. The highest BCUT2D eigenvalue weighted by atomic mass is 16.7. The summed E-state index contributed by atoms with van der Waals surface area (Å²) in [7, 11) is 0. The Kier molecular flexibility index (Phi) is 3.68. The topological polar surface area (TPSA) is 30.5 Å². The molecular weight excluding hydrogens is 202 g/mol. The third-order valence-electron chi connectivity index (χ3n) is 2.47. The van der Waals surface area contributed by atoms with Gasteiger partial charge in [-0.3, -0.25) is 0 Å². The molecule has 1 heterocycles. The SMILES string of the molecule is C#CCCCNCc1cccc2c1OCO2. The van der Waals surface area contributed by atoms with Gasteiger partial charge >= 0.3 is 0 Å². The maximum atomic E-state index is 5.41. The van der Waals surface area contributed by atoms with E-state index in [1.807, 2.05) is 18.2 Å². The van der Waals surface area contributed by atoms with Gasteiger partial charge in [0.2, 0.25) is 6.79 Å². The predicted molar refractivity (Wildman–Crippen MR) is 62.3 cm³/mol. The van der Waals surface area contributed by atoms with Crippen molar-refractivity contribution in [3.63, 3.8) is 0 Å². The first-order valence-corrected chi connectivity index (χ1v) is 5.43. The van der Waals surface area contributed by atoms with E-state index in [1.165, 1.54) is 0 Å². The Bertz CT molecular complexity index is 395. The van der Waals surface area contributed by atoms with E-state index in [4.69, 9.17) is 15.9 Å². The number of rotatable bonds is 5. The highest BCUT2D eigenvalue weighted by Gasteiger charge is 2.16. The molecule has 3 heteroatoms. The van der Waals surface area contributed by atoms with E-state index in [-0.39, 0.29) is 0 Å². The molecule has 0 unspecified atom stereocenters. The van der Waals surface area contributed by atoms with Crippen molar-refractivity contribution >= 4 is 0 Å². The van der Waals surface area contributed by atoms with Crippen LogP contribution < -0.4 is 14.8 Å². The quantitative estimate of drug-likeness (QED) is 0.603. The zero-order valence-corrected chi connectivity index (χ0v) is 9.16. The van der Waals surface area contributed by atoms with E-state index in [0.717, 1.165) is 43.0 Å². The molecule has 0 spiro atoms. The number of hydrogen-bond acceptors (Lipinski definition) is 3. The van der Waals surface area contributed by atoms with Gasteiger partial charge in [0, 0.05) is 18.5 Å². The maximum Gasteiger partial charge on any atom is 0.231 e. The Morgan fingerprint density at radius 1 is 1.38 bits per heavy atom. The number of benzene rings is 1. The molecule has 0 radical (unpaired) electrons. The van der Waals surface area contributed by atoms with E-state index in [2.05, 4.69) is 11.2 Å². The van der Waals surface area contributed by atoms with Gasteiger partial charge in [-0.25, -0.2) is 0 Å². The molecule has 2 rings (SSSR count). The standard InChI is InChI=1S/C13H15NO2/c1-2-3-4-8-14-9-11-6-5-7-12-13(11)16-10-15-12/h1,5-7,14H,3-4,8-10H2. The molecule has 0 fully saturated rings. The number of ether oxygens (including phenoxy) is 2. The molecule has 0 saturated heterocycles. The lowest BCUT2D eigenvalue weighted by atomic mass is 10.2. The van der Waals surface area contributed by atoms with Gasteiger partial charge in [0.15, 0.2) is 11.5 Å². The molecular formula is C13H15NO2. The Morgan fingerprint density at radius 3 is 3.19 bits per heavy atom. The van der Waals surface area contributed by atoms with Crippen molar-refractivity contribution in [3.05, 3.63) is 23.8 Å². The van der Waals surface area contributed by atoms with Gasteiger partial charge in [0.1, 0.15) is 0 Å². The average Bonchev–Trinajstić information content (AvgIpc) is 2.77. The number of hydrogen-bond donors (Lipinski definition) is 1. The fraction of sp³-hybridized carbons (Fsp3) is 0.385. The van der Waals surface area contributed by atoms with E-state index < -0.39 is 0 Å².